The van der Waals surface area contributed by atoms with Crippen LogP contribution in [0.4, 0.5) is 0 Å². The molecule has 0 saturated carbocycles. The van der Waals surface area contributed by atoms with Crippen molar-refractivity contribution in [3.05, 3.63) is 107 Å². The minimum atomic E-state index is -2.52. The lowest BCUT2D eigenvalue weighted by Crippen LogP contribution is -2.80. The summed E-state index contributed by atoms with van der Waals surface area (Å²) >= 11 is 0. The van der Waals surface area contributed by atoms with Crippen molar-refractivity contribution < 1.29 is 54.1 Å². The third-order valence-electron chi connectivity index (χ3n) is 12.3. The van der Waals surface area contributed by atoms with Crippen LogP contribution in [0.1, 0.15) is 42.0 Å². The van der Waals surface area contributed by atoms with Gasteiger partial charge in [-0.1, -0.05) is 83.1 Å². The second kappa shape index (κ2) is 20.9. The molecule has 0 unspecified atom stereocenters. The maximum Gasteiger partial charge on any atom is 0.335 e. The van der Waals surface area contributed by atoms with E-state index in [1.54, 1.807) is 12.1 Å². The molecule has 0 radical (unpaired) electrons. The number of carbonyl (C=O) groups is 2. The number of carbonyl (C=O) groups excluding carboxylic acids is 1. The highest BCUT2D eigenvalue weighted by Gasteiger charge is 2.69. The van der Waals surface area contributed by atoms with Gasteiger partial charge in [-0.3, -0.25) is 9.79 Å². The Bertz CT molecular complexity index is 2220. The number of aldehydes is 1. The summed E-state index contributed by atoms with van der Waals surface area (Å²) in [5, 5.41) is 62.3. The number of aliphatic hydroxyl groups is 3. The van der Waals surface area contributed by atoms with E-state index in [0.717, 1.165) is 31.4 Å². The third-order valence-corrected chi connectivity index (χ3v) is 14.4. The van der Waals surface area contributed by atoms with Crippen molar-refractivity contribution in [1.82, 2.24) is 10.6 Å². The molecular weight excluding hydrogens is 847 g/mol. The van der Waals surface area contributed by atoms with E-state index in [1.165, 1.54) is 63.0 Å². The molecule has 14 nitrogen and oxygen atoms in total. The molecule has 7 rings (SSSR count). The van der Waals surface area contributed by atoms with Gasteiger partial charge in [0.25, 0.3) is 0 Å². The molecule has 63 heavy (non-hydrogen) atoms. The van der Waals surface area contributed by atoms with Gasteiger partial charge in [0, 0.05) is 30.2 Å². The van der Waals surface area contributed by atoms with E-state index >= 15 is 0 Å². The number of β-amino-alcohol motifs (C(OH)–C–C–N with tert-alkyl or cyclic N) is 1. The van der Waals surface area contributed by atoms with Gasteiger partial charge in [0.15, 0.2) is 23.6 Å². The summed E-state index contributed by atoms with van der Waals surface area (Å²) in [6.07, 6.45) is 5.41. The zero-order valence-corrected chi connectivity index (χ0v) is 36.9. The Kier molecular flexibility index (Phi) is 15.4. The number of phenols is 1. The van der Waals surface area contributed by atoms with Crippen molar-refractivity contribution in [3.8, 4) is 17.2 Å². The lowest BCUT2D eigenvalue weighted by Gasteiger charge is -2.53. The molecule has 3 aromatic rings. The van der Waals surface area contributed by atoms with Crippen molar-refractivity contribution >= 4 is 57.5 Å². The lowest BCUT2D eigenvalue weighted by molar-refractivity contribution is -0.340. The molecule has 4 heterocycles. The quantitative estimate of drug-likeness (QED) is 0.0604. The van der Waals surface area contributed by atoms with E-state index in [1.807, 2.05) is 19.3 Å². The van der Waals surface area contributed by atoms with Crippen molar-refractivity contribution in [2.45, 2.75) is 55.9 Å². The summed E-state index contributed by atoms with van der Waals surface area (Å²) in [7, 11) is 4.76. The Morgan fingerprint density at radius 3 is 2.68 bits per heavy atom. The van der Waals surface area contributed by atoms with Crippen LogP contribution in [0.5, 0.6) is 17.2 Å². The van der Waals surface area contributed by atoms with Crippen LogP contribution in [0.2, 0.25) is 0 Å². The summed E-state index contributed by atoms with van der Waals surface area (Å²) in [5.74, 6) is -0.641. The molecule has 16 heteroatoms. The van der Waals surface area contributed by atoms with Crippen LogP contribution in [-0.4, -0.2) is 125 Å². The number of allylic oxidation sites excluding steroid dienone is 2. The molecule has 0 aromatic heterocycles. The molecule has 0 bridgehead atoms. The van der Waals surface area contributed by atoms with Gasteiger partial charge >= 0.3 is 5.97 Å². The average Bonchev–Trinajstić information content (AvgIpc) is 3.82. The van der Waals surface area contributed by atoms with Gasteiger partial charge < -0.3 is 55.1 Å². The minimum Gasteiger partial charge on any atom is -0.508 e. The molecule has 2 fully saturated rings. The number of rotatable bonds is 14. The van der Waals surface area contributed by atoms with Gasteiger partial charge in [-0.2, -0.15) is 0 Å². The lowest BCUT2D eigenvalue weighted by atomic mass is 9.73. The number of aliphatic carboxylic acids is 1. The molecule has 7 N–H and O–H groups in total. The van der Waals surface area contributed by atoms with Gasteiger partial charge in [0.2, 0.25) is 6.29 Å². The number of nitrogens with one attached hydrogen (secondary N) is 2. The van der Waals surface area contributed by atoms with Crippen LogP contribution in [0.15, 0.2) is 89.4 Å². The summed E-state index contributed by atoms with van der Waals surface area (Å²) in [4.78, 5) is 30.4. The smallest absolute Gasteiger partial charge is 0.335 e. The summed E-state index contributed by atoms with van der Waals surface area (Å²) in [6, 6.07) is 19.2. The first-order valence-corrected chi connectivity index (χ1v) is 23.6. The third kappa shape index (κ3) is 10.0. The van der Waals surface area contributed by atoms with Gasteiger partial charge in [-0.15, -0.1) is 0 Å². The zero-order valence-electron chi connectivity index (χ0n) is 35.2. The van der Waals surface area contributed by atoms with Crippen molar-refractivity contribution in [3.63, 3.8) is 0 Å². The van der Waals surface area contributed by atoms with Crippen molar-refractivity contribution in [1.29, 1.82) is 0 Å². The fourth-order valence-corrected chi connectivity index (χ4v) is 10.8. The summed E-state index contributed by atoms with van der Waals surface area (Å²) in [5.41, 5.74) is 0.0450. The Balaban J connectivity index is 1.18. The number of ether oxygens (including phenoxy) is 4. The maximum atomic E-state index is 13.3. The van der Waals surface area contributed by atoms with Gasteiger partial charge in [0.05, 0.1) is 12.1 Å². The Morgan fingerprint density at radius 2 is 1.94 bits per heavy atom. The summed E-state index contributed by atoms with van der Waals surface area (Å²) < 4.78 is 24.3. The number of fused-ring (bicyclic) bond motifs is 2. The van der Waals surface area contributed by atoms with E-state index in [4.69, 9.17) is 18.9 Å². The second-order valence-electron chi connectivity index (χ2n) is 16.2. The molecule has 336 valence electrons. The molecule has 8 atom stereocenters. The van der Waals surface area contributed by atoms with Crippen LogP contribution in [0, 0.1) is 17.8 Å². The SMILES string of the molecule is CNCCCc1ccccc1/C=C/C[C@H](C)[C@@H]1CNC[C@]2(O)[C@H](Oc3ccc4c(c3)OCC(c3ccc(O)cc3)=C4O)O[C@H](C(=O)O)[C@@H](O)[C@]2(C=O)OCSSC[C@@H]1C1=CCN=C1. The van der Waals surface area contributed by atoms with E-state index in [0.29, 0.717) is 35.5 Å². The number of hydrogen-bond acceptors (Lipinski definition) is 15. The Labute approximate surface area is 374 Å². The fraction of sp³-hybridized carbons (Fsp3) is 0.426. The van der Waals surface area contributed by atoms with Crippen LogP contribution < -0.4 is 20.1 Å². The highest BCUT2D eigenvalue weighted by atomic mass is 33.1. The zero-order chi connectivity index (χ0) is 44.6. The predicted octanol–water partition coefficient (Wildman–Crippen LogP) is 5.52. The first-order valence-electron chi connectivity index (χ1n) is 21.1. The number of phenolic OH excluding ortho intramolecular Hbond substituents is 1. The second-order valence-corrected chi connectivity index (χ2v) is 18.7. The number of carboxylic acid groups (broad SMARTS) is 1. The number of aliphatic hydroxyl groups excluding tert-OH is 2. The number of aromatic hydroxyl groups is 1. The van der Waals surface area contributed by atoms with Crippen LogP contribution >= 0.6 is 21.6 Å². The monoisotopic (exact) mass is 901 g/mol. The van der Waals surface area contributed by atoms with Gasteiger partial charge in [-0.25, -0.2) is 4.79 Å². The van der Waals surface area contributed by atoms with E-state index in [2.05, 4.69) is 59.0 Å². The molecule has 0 amide bonds. The molecule has 2 saturated heterocycles. The summed E-state index contributed by atoms with van der Waals surface area (Å²) in [6.45, 7) is 3.65. The molecule has 0 aliphatic carbocycles. The van der Waals surface area contributed by atoms with E-state index < -0.39 is 42.2 Å². The first kappa shape index (κ1) is 46.3. The number of hydrogen-bond donors (Lipinski definition) is 7. The average molecular weight is 902 g/mol. The largest absolute Gasteiger partial charge is 0.508 e. The highest BCUT2D eigenvalue weighted by Crippen LogP contribution is 2.45. The number of benzene rings is 3. The number of nitrogens with zero attached hydrogens (tertiary/aromatic N) is 1. The fourth-order valence-electron chi connectivity index (χ4n) is 8.71. The van der Waals surface area contributed by atoms with Crippen molar-refractivity contribution in [2.75, 3.05) is 51.5 Å². The molecule has 3 aromatic carbocycles. The molecule has 4 aliphatic rings. The first-order chi connectivity index (χ1) is 30.5. The van der Waals surface area contributed by atoms with Crippen molar-refractivity contribution in [2.24, 2.45) is 22.7 Å². The number of aryl methyl sites for hydroxylation is 1. The topological polar surface area (TPSA) is 209 Å². The van der Waals surface area contributed by atoms with Crippen LogP contribution in [0.25, 0.3) is 17.4 Å². The van der Waals surface area contributed by atoms with Crippen LogP contribution in [0.3, 0.4) is 0 Å². The Morgan fingerprint density at radius 1 is 1.13 bits per heavy atom. The predicted molar refractivity (Wildman–Crippen MR) is 245 cm³/mol. The normalized spacial score (nSPS) is 28.2. The van der Waals surface area contributed by atoms with Crippen LogP contribution in [-0.2, 0) is 25.5 Å². The maximum absolute atomic E-state index is 13.3. The van der Waals surface area contributed by atoms with Gasteiger partial charge in [-0.05, 0) is 104 Å². The standard InChI is InChI=1S/C47H55N3O11S2/c1-29(7-5-10-30-8-3-4-9-31(30)11-6-19-48-2)37-23-50-26-46(57)45(60-35-16-17-36-40(21-35)58-24-38(41(36)53)32-12-14-34(52)15-13-32)61-42(44(55)56)43(54)47(46,27-51)59-28-63-62-25-39(37)33-18-20-49-22-33/h3-5,8-10,12-18,21-22,27,29,37,39,42-43,45,48,50,52-54,57H,6-7,11,19-20,23-26,28H2,1-2H3,(H,55,56)/b10-5+/t29-,37-,39+,42-,43+,45+,46-,47-/m0/s1. The molecule has 4 aliphatic heterocycles. The molecular formula is C47H55N3O11S2. The van der Waals surface area contributed by atoms with E-state index in [9.17, 15) is 35.1 Å². The van der Waals surface area contributed by atoms with E-state index in [-0.39, 0.29) is 59.6 Å². The highest BCUT2D eigenvalue weighted by molar-refractivity contribution is 8.76. The number of carboxylic acids is 1. The molecule has 0 spiro atoms. The number of aliphatic imine (C=N–C) groups is 1. The minimum absolute atomic E-state index is 0.00967. The van der Waals surface area contributed by atoms with Gasteiger partial charge in [0.1, 0.15) is 41.7 Å². The Hall–Kier alpha value is -4.65.